The Morgan fingerprint density at radius 3 is 2.81 bits per heavy atom. The molecule has 5 rings (SSSR count). The topological polar surface area (TPSA) is 85.8 Å². The molecule has 0 radical (unpaired) electrons. The molecule has 2 aliphatic rings. The summed E-state index contributed by atoms with van der Waals surface area (Å²) < 4.78 is 16.9. The van der Waals surface area contributed by atoms with Crippen molar-refractivity contribution in [2.75, 3.05) is 38.2 Å². The van der Waals surface area contributed by atoms with Crippen LogP contribution in [0.3, 0.4) is 0 Å². The van der Waals surface area contributed by atoms with Gasteiger partial charge in [-0.25, -0.2) is 4.98 Å². The molecule has 160 valence electrons. The van der Waals surface area contributed by atoms with Crippen molar-refractivity contribution < 1.29 is 19.0 Å². The molecule has 1 aromatic carbocycles. The molecule has 0 spiro atoms. The first kappa shape index (κ1) is 19.9. The minimum atomic E-state index is -0.733. The molecule has 1 amide bonds. The highest BCUT2D eigenvalue weighted by Gasteiger charge is 2.28. The lowest BCUT2D eigenvalue weighted by atomic mass is 10.2. The molecule has 8 nitrogen and oxygen atoms in total. The number of benzene rings is 1. The van der Waals surface area contributed by atoms with Crippen LogP contribution in [-0.2, 0) is 16.1 Å². The Kier molecular flexibility index (Phi) is 5.79. The zero-order valence-electron chi connectivity index (χ0n) is 16.8. The smallest absolute Gasteiger partial charge is 0.270 e. The highest BCUT2D eigenvalue weighted by Crippen LogP contribution is 2.34. The minimum absolute atomic E-state index is 0.157. The number of hydrogen-bond acceptors (Lipinski definition) is 8. The van der Waals surface area contributed by atoms with Crippen molar-refractivity contribution in [2.24, 2.45) is 0 Å². The average molecular weight is 439 g/mol. The zero-order chi connectivity index (χ0) is 21.0. The second kappa shape index (κ2) is 9.01. The minimum Gasteiger partial charge on any atom is -0.485 e. The van der Waals surface area contributed by atoms with Gasteiger partial charge in [0.2, 0.25) is 6.10 Å². The second-order valence-electron chi connectivity index (χ2n) is 7.27. The Hall–Kier alpha value is -3.01. The van der Waals surface area contributed by atoms with Gasteiger partial charge in [-0.05, 0) is 24.3 Å². The van der Waals surface area contributed by atoms with E-state index in [9.17, 15) is 4.79 Å². The fraction of sp³-hybridized carbons (Fsp3) is 0.318. The molecule has 0 aliphatic carbocycles. The molecule has 0 saturated carbocycles. The largest absolute Gasteiger partial charge is 0.485 e. The normalized spacial score (nSPS) is 18.5. The second-order valence-corrected chi connectivity index (χ2v) is 8.36. The molecule has 1 unspecified atom stereocenters. The van der Waals surface area contributed by atoms with Crippen LogP contribution < -0.4 is 14.8 Å². The number of ether oxygens (including phenoxy) is 3. The fourth-order valence-corrected chi connectivity index (χ4v) is 4.57. The maximum atomic E-state index is 12.8. The summed E-state index contributed by atoms with van der Waals surface area (Å²) in [6.45, 7) is 4.11. The number of nitrogens with zero attached hydrogens (tertiary/aromatic N) is 3. The lowest BCUT2D eigenvalue weighted by molar-refractivity contribution is -0.125. The van der Waals surface area contributed by atoms with Crippen molar-refractivity contribution in [3.8, 4) is 22.8 Å². The first-order chi connectivity index (χ1) is 15.3. The molecule has 2 aliphatic heterocycles. The molecular weight excluding hydrogens is 416 g/mol. The summed E-state index contributed by atoms with van der Waals surface area (Å²) in [4.78, 5) is 25.2. The molecule has 31 heavy (non-hydrogen) atoms. The maximum absolute atomic E-state index is 12.8. The van der Waals surface area contributed by atoms with Gasteiger partial charge in [0.1, 0.15) is 6.61 Å². The third-order valence-electron chi connectivity index (χ3n) is 5.13. The van der Waals surface area contributed by atoms with Gasteiger partial charge in [-0.2, -0.15) is 0 Å². The van der Waals surface area contributed by atoms with E-state index in [2.05, 4.69) is 15.2 Å². The van der Waals surface area contributed by atoms with E-state index in [1.165, 1.54) is 11.3 Å². The summed E-state index contributed by atoms with van der Waals surface area (Å²) in [5.41, 5.74) is 1.76. The van der Waals surface area contributed by atoms with Gasteiger partial charge >= 0.3 is 0 Å². The van der Waals surface area contributed by atoms with Gasteiger partial charge in [0.05, 0.1) is 18.9 Å². The van der Waals surface area contributed by atoms with Crippen LogP contribution in [0.5, 0.6) is 11.5 Å². The lowest BCUT2D eigenvalue weighted by Gasteiger charge is -2.26. The number of morpholine rings is 1. The van der Waals surface area contributed by atoms with Crippen LogP contribution in [0.4, 0.5) is 5.13 Å². The molecule has 2 aromatic heterocycles. The number of carbonyl (C=O) groups excluding carboxylic acids is 1. The number of carbonyl (C=O) groups is 1. The van der Waals surface area contributed by atoms with Crippen molar-refractivity contribution in [1.82, 2.24) is 14.9 Å². The summed E-state index contributed by atoms with van der Waals surface area (Å²) in [7, 11) is 0. The predicted octanol–water partition coefficient (Wildman–Crippen LogP) is 2.82. The van der Waals surface area contributed by atoms with E-state index in [4.69, 9.17) is 19.2 Å². The number of aromatic nitrogens is 2. The van der Waals surface area contributed by atoms with Crippen LogP contribution in [0.25, 0.3) is 11.3 Å². The van der Waals surface area contributed by atoms with Crippen LogP contribution >= 0.6 is 11.3 Å². The summed E-state index contributed by atoms with van der Waals surface area (Å²) in [5.74, 6) is 0.934. The van der Waals surface area contributed by atoms with Crippen LogP contribution in [0, 0.1) is 0 Å². The van der Waals surface area contributed by atoms with Crippen molar-refractivity contribution in [1.29, 1.82) is 0 Å². The molecule has 1 N–H and O–H groups in total. The molecule has 1 atom stereocenters. The maximum Gasteiger partial charge on any atom is 0.270 e. The molecule has 0 bridgehead atoms. The third kappa shape index (κ3) is 4.53. The van der Waals surface area contributed by atoms with Gasteiger partial charge in [-0.1, -0.05) is 23.5 Å². The molecule has 1 saturated heterocycles. The number of anilines is 1. The van der Waals surface area contributed by atoms with E-state index < -0.39 is 6.10 Å². The van der Waals surface area contributed by atoms with E-state index in [1.807, 2.05) is 30.3 Å². The molecule has 3 aromatic rings. The van der Waals surface area contributed by atoms with E-state index in [1.54, 1.807) is 18.5 Å². The number of hydrogen-bond donors (Lipinski definition) is 1. The van der Waals surface area contributed by atoms with Gasteiger partial charge in [0, 0.05) is 42.5 Å². The average Bonchev–Trinajstić information content (AvgIpc) is 3.22. The van der Waals surface area contributed by atoms with Gasteiger partial charge in [-0.3, -0.25) is 20.0 Å². The van der Waals surface area contributed by atoms with E-state index in [-0.39, 0.29) is 12.5 Å². The number of rotatable bonds is 5. The van der Waals surface area contributed by atoms with Crippen LogP contribution in [0.15, 0.2) is 48.8 Å². The number of para-hydroxylation sites is 2. The number of fused-ring (bicyclic) bond motifs is 1. The predicted molar refractivity (Wildman–Crippen MR) is 116 cm³/mol. The van der Waals surface area contributed by atoms with Crippen LogP contribution in [0.2, 0.25) is 0 Å². The van der Waals surface area contributed by atoms with Crippen LogP contribution in [-0.4, -0.2) is 59.8 Å². The van der Waals surface area contributed by atoms with Crippen molar-refractivity contribution in [3.63, 3.8) is 0 Å². The van der Waals surface area contributed by atoms with Crippen molar-refractivity contribution >= 4 is 22.4 Å². The Balaban J connectivity index is 1.34. The lowest BCUT2D eigenvalue weighted by Crippen LogP contribution is -2.40. The molecule has 9 heteroatoms. The quantitative estimate of drug-likeness (QED) is 0.656. The van der Waals surface area contributed by atoms with E-state index in [0.717, 1.165) is 49.0 Å². The van der Waals surface area contributed by atoms with E-state index >= 15 is 0 Å². The van der Waals surface area contributed by atoms with Crippen molar-refractivity contribution in [3.05, 3.63) is 53.7 Å². The molecule has 4 heterocycles. The Morgan fingerprint density at radius 2 is 2.00 bits per heavy atom. The Morgan fingerprint density at radius 1 is 1.16 bits per heavy atom. The highest BCUT2D eigenvalue weighted by molar-refractivity contribution is 7.16. The Labute approximate surface area is 183 Å². The van der Waals surface area contributed by atoms with Crippen molar-refractivity contribution in [2.45, 2.75) is 12.6 Å². The number of nitrogens with one attached hydrogen (secondary N) is 1. The first-order valence-corrected chi connectivity index (χ1v) is 11.0. The van der Waals surface area contributed by atoms with Crippen LogP contribution in [0.1, 0.15) is 4.88 Å². The summed E-state index contributed by atoms with van der Waals surface area (Å²) in [5, 5.41) is 3.45. The highest BCUT2D eigenvalue weighted by atomic mass is 32.1. The third-order valence-corrected chi connectivity index (χ3v) is 6.09. The zero-order valence-corrected chi connectivity index (χ0v) is 17.6. The number of pyridine rings is 1. The summed E-state index contributed by atoms with van der Waals surface area (Å²) in [6.07, 6.45) is 2.79. The molecule has 1 fully saturated rings. The Bertz CT molecular complexity index is 1050. The van der Waals surface area contributed by atoms with Gasteiger partial charge in [0.25, 0.3) is 5.91 Å². The standard InChI is InChI=1S/C22H22N4O4S/c27-21(18-14-29-16-5-1-2-6-17(16)30-18)25-22-24-20(15-4-3-7-23-12-15)19(31-22)13-26-8-10-28-11-9-26/h1-7,12,18H,8-11,13-14H2,(H,24,25,27). The van der Waals surface area contributed by atoms with E-state index in [0.29, 0.717) is 16.6 Å². The number of thiazole rings is 1. The fourth-order valence-electron chi connectivity index (χ4n) is 3.54. The number of amides is 1. The first-order valence-electron chi connectivity index (χ1n) is 10.2. The van der Waals surface area contributed by atoms with Gasteiger partial charge in [-0.15, -0.1) is 0 Å². The summed E-state index contributed by atoms with van der Waals surface area (Å²) in [6, 6.07) is 11.2. The van der Waals surface area contributed by atoms with Gasteiger partial charge in [0.15, 0.2) is 16.6 Å². The summed E-state index contributed by atoms with van der Waals surface area (Å²) >= 11 is 1.48. The molecular formula is C22H22N4O4S. The SMILES string of the molecule is O=C(Nc1nc(-c2cccnc2)c(CN2CCOCC2)s1)C1COc2ccccc2O1. The van der Waals surface area contributed by atoms with Gasteiger partial charge < -0.3 is 14.2 Å². The monoisotopic (exact) mass is 438 g/mol.